The fourth-order valence-corrected chi connectivity index (χ4v) is 2.56. The third-order valence-corrected chi connectivity index (χ3v) is 3.95. The van der Waals surface area contributed by atoms with Gasteiger partial charge in [-0.1, -0.05) is 22.0 Å². The molecule has 0 fully saturated rings. The van der Waals surface area contributed by atoms with E-state index in [-0.39, 0.29) is 28.1 Å². The summed E-state index contributed by atoms with van der Waals surface area (Å²) in [4.78, 5) is 21.9. The minimum atomic E-state index is -0.605. The minimum Gasteiger partial charge on any atom is -0.506 e. The number of hydrogen-bond acceptors (Lipinski definition) is 6. The monoisotopic (exact) mass is 471 g/mol. The van der Waals surface area contributed by atoms with Gasteiger partial charge in [0.25, 0.3) is 11.6 Å². The summed E-state index contributed by atoms with van der Waals surface area (Å²) in [5, 5.41) is 24.3. The lowest BCUT2D eigenvalue weighted by Gasteiger charge is -2.05. The zero-order valence-electron chi connectivity index (χ0n) is 12.5. The normalized spacial score (nSPS) is 10.6. The van der Waals surface area contributed by atoms with Crippen molar-refractivity contribution in [1.82, 2.24) is 5.43 Å². The third kappa shape index (κ3) is 5.54. The highest BCUT2D eigenvalue weighted by Crippen LogP contribution is 2.31. The highest BCUT2D eigenvalue weighted by atomic mass is 79.9. The van der Waals surface area contributed by atoms with Gasteiger partial charge in [-0.25, -0.2) is 5.43 Å². The average Bonchev–Trinajstić information content (AvgIpc) is 2.56. The Morgan fingerprint density at radius 1 is 1.36 bits per heavy atom. The van der Waals surface area contributed by atoms with E-state index in [4.69, 9.17) is 4.74 Å². The van der Waals surface area contributed by atoms with Gasteiger partial charge in [0.05, 0.1) is 15.6 Å². The molecule has 0 aliphatic heterocycles. The summed E-state index contributed by atoms with van der Waals surface area (Å²) in [5.41, 5.74) is 2.06. The van der Waals surface area contributed by atoms with E-state index < -0.39 is 10.8 Å². The average molecular weight is 473 g/mol. The van der Waals surface area contributed by atoms with E-state index in [0.717, 1.165) is 22.8 Å². The third-order valence-electron chi connectivity index (χ3n) is 2.85. The zero-order chi connectivity index (χ0) is 18.4. The quantitative estimate of drug-likeness (QED) is 0.380. The Morgan fingerprint density at radius 2 is 2.12 bits per heavy atom. The first-order chi connectivity index (χ1) is 11.9. The highest BCUT2D eigenvalue weighted by molar-refractivity contribution is 9.10. The number of non-ortho nitro benzene ring substituents is 1. The lowest BCUT2D eigenvalue weighted by molar-refractivity contribution is -0.385. The van der Waals surface area contributed by atoms with Crippen LogP contribution < -0.4 is 10.2 Å². The summed E-state index contributed by atoms with van der Waals surface area (Å²) in [5.74, 6) is -0.247. The number of aromatic hydroxyl groups is 1. The van der Waals surface area contributed by atoms with Crippen molar-refractivity contribution in [2.24, 2.45) is 5.10 Å². The van der Waals surface area contributed by atoms with Crippen molar-refractivity contribution >= 4 is 49.7 Å². The molecule has 8 nitrogen and oxygen atoms in total. The van der Waals surface area contributed by atoms with Crippen LogP contribution in [0.4, 0.5) is 5.69 Å². The van der Waals surface area contributed by atoms with Crippen LogP contribution in [0, 0.1) is 10.1 Å². The number of hydrogen-bond donors (Lipinski definition) is 2. The number of phenolic OH excluding ortho intramolecular Hbond substituents is 1. The molecule has 0 saturated heterocycles. The SMILES string of the molecule is O=C(COc1cccc(Br)c1)N/N=C/c1cc([N+](=O)[O-])cc(Br)c1O. The zero-order valence-corrected chi connectivity index (χ0v) is 15.7. The number of carbonyl (C=O) groups is 1. The summed E-state index contributed by atoms with van der Waals surface area (Å²) < 4.78 is 6.24. The molecule has 2 N–H and O–H groups in total. The van der Waals surface area contributed by atoms with Crippen LogP contribution in [0.3, 0.4) is 0 Å². The van der Waals surface area contributed by atoms with Gasteiger partial charge in [-0.2, -0.15) is 5.10 Å². The van der Waals surface area contributed by atoms with Gasteiger partial charge in [0.2, 0.25) is 0 Å². The van der Waals surface area contributed by atoms with Crippen molar-refractivity contribution in [2.45, 2.75) is 0 Å². The molecule has 2 rings (SSSR count). The highest BCUT2D eigenvalue weighted by Gasteiger charge is 2.13. The van der Waals surface area contributed by atoms with Crippen molar-refractivity contribution in [3.63, 3.8) is 0 Å². The number of benzene rings is 2. The molecule has 25 heavy (non-hydrogen) atoms. The van der Waals surface area contributed by atoms with Crippen molar-refractivity contribution in [2.75, 3.05) is 6.61 Å². The van der Waals surface area contributed by atoms with Crippen molar-refractivity contribution in [3.8, 4) is 11.5 Å². The van der Waals surface area contributed by atoms with Gasteiger partial charge in [0.15, 0.2) is 6.61 Å². The van der Waals surface area contributed by atoms with Crippen LogP contribution in [0.1, 0.15) is 5.56 Å². The summed E-state index contributed by atoms with van der Waals surface area (Å²) >= 11 is 6.30. The minimum absolute atomic E-state index is 0.0780. The number of nitrogens with one attached hydrogen (secondary N) is 1. The topological polar surface area (TPSA) is 114 Å². The Balaban J connectivity index is 1.96. The molecule has 10 heteroatoms. The number of ether oxygens (including phenoxy) is 1. The molecule has 0 aliphatic carbocycles. The number of phenols is 1. The van der Waals surface area contributed by atoms with Crippen LogP contribution in [-0.4, -0.2) is 28.8 Å². The fraction of sp³-hybridized carbons (Fsp3) is 0.0667. The van der Waals surface area contributed by atoms with E-state index >= 15 is 0 Å². The first-order valence-corrected chi connectivity index (χ1v) is 8.32. The lowest BCUT2D eigenvalue weighted by Crippen LogP contribution is -2.24. The van der Waals surface area contributed by atoms with Crippen molar-refractivity contribution in [3.05, 3.63) is 61.0 Å². The molecule has 0 spiro atoms. The van der Waals surface area contributed by atoms with Crippen LogP contribution in [0.2, 0.25) is 0 Å². The molecular weight excluding hydrogens is 462 g/mol. The summed E-state index contributed by atoms with van der Waals surface area (Å²) in [6.07, 6.45) is 1.10. The van der Waals surface area contributed by atoms with Gasteiger partial charge in [-0.05, 0) is 34.1 Å². The first-order valence-electron chi connectivity index (χ1n) is 6.74. The number of carbonyl (C=O) groups excluding carboxylic acids is 1. The van der Waals surface area contributed by atoms with Crippen LogP contribution >= 0.6 is 31.9 Å². The fourth-order valence-electron chi connectivity index (χ4n) is 1.72. The number of amides is 1. The van der Waals surface area contributed by atoms with Crippen LogP contribution in [-0.2, 0) is 4.79 Å². The first kappa shape index (κ1) is 18.9. The molecule has 0 atom stereocenters. The van der Waals surface area contributed by atoms with E-state index in [0.29, 0.717) is 5.75 Å². The van der Waals surface area contributed by atoms with Gasteiger partial charge in [-0.3, -0.25) is 14.9 Å². The second-order valence-corrected chi connectivity index (χ2v) is 6.43. The summed E-state index contributed by atoms with van der Waals surface area (Å²) in [6, 6.07) is 9.28. The molecule has 2 aromatic rings. The smallest absolute Gasteiger partial charge is 0.277 e. The van der Waals surface area contributed by atoms with E-state index in [1.807, 2.05) is 6.07 Å². The maximum Gasteiger partial charge on any atom is 0.277 e. The van der Waals surface area contributed by atoms with Gasteiger partial charge < -0.3 is 9.84 Å². The standard InChI is InChI=1S/C15H11Br2N3O5/c16-10-2-1-3-12(5-10)25-8-14(21)19-18-7-9-4-11(20(23)24)6-13(17)15(9)22/h1-7,22H,8H2,(H,19,21)/b18-7+. The molecule has 130 valence electrons. The van der Waals surface area contributed by atoms with Gasteiger partial charge >= 0.3 is 0 Å². The number of rotatable bonds is 6. The maximum absolute atomic E-state index is 11.7. The molecular formula is C15H11Br2N3O5. The number of nitrogens with zero attached hydrogens (tertiary/aromatic N) is 2. The van der Waals surface area contributed by atoms with E-state index in [1.54, 1.807) is 18.2 Å². The molecule has 0 saturated carbocycles. The van der Waals surface area contributed by atoms with E-state index in [9.17, 15) is 20.0 Å². The Kier molecular flexibility index (Phi) is 6.48. The van der Waals surface area contributed by atoms with Crippen LogP contribution in [0.5, 0.6) is 11.5 Å². The molecule has 0 radical (unpaired) electrons. The van der Waals surface area contributed by atoms with Crippen molar-refractivity contribution < 1.29 is 19.6 Å². The van der Waals surface area contributed by atoms with Crippen molar-refractivity contribution in [1.29, 1.82) is 0 Å². The number of hydrazone groups is 1. The second kappa shape index (κ2) is 8.58. The maximum atomic E-state index is 11.7. The molecule has 0 heterocycles. The van der Waals surface area contributed by atoms with E-state index in [1.165, 1.54) is 0 Å². The Labute approximate surface area is 158 Å². The van der Waals surface area contributed by atoms with E-state index in [2.05, 4.69) is 42.4 Å². The molecule has 0 unspecified atom stereocenters. The second-order valence-electron chi connectivity index (χ2n) is 4.66. The predicted molar refractivity (Wildman–Crippen MR) is 97.8 cm³/mol. The number of nitro groups is 1. The largest absolute Gasteiger partial charge is 0.506 e. The molecule has 0 aliphatic rings. The van der Waals surface area contributed by atoms with Gasteiger partial charge in [-0.15, -0.1) is 0 Å². The molecule has 2 aromatic carbocycles. The molecule has 0 aromatic heterocycles. The van der Waals surface area contributed by atoms with Crippen LogP contribution in [0.15, 0.2) is 50.4 Å². The molecule has 0 bridgehead atoms. The Hall–Kier alpha value is -2.46. The number of halogens is 2. The predicted octanol–water partition coefficient (Wildman–Crippen LogP) is 3.35. The lowest BCUT2D eigenvalue weighted by atomic mass is 10.2. The summed E-state index contributed by atoms with van der Waals surface area (Å²) in [6.45, 7) is -0.265. The van der Waals surface area contributed by atoms with Crippen LogP contribution in [0.25, 0.3) is 0 Å². The van der Waals surface area contributed by atoms with Gasteiger partial charge in [0.1, 0.15) is 11.5 Å². The number of nitro benzene ring substituents is 1. The van der Waals surface area contributed by atoms with Gasteiger partial charge in [0, 0.05) is 22.2 Å². The molecule has 1 amide bonds. The Morgan fingerprint density at radius 3 is 2.80 bits per heavy atom. The Bertz CT molecular complexity index is 842. The summed E-state index contributed by atoms with van der Waals surface area (Å²) in [7, 11) is 0.